The van der Waals surface area contributed by atoms with Crippen molar-refractivity contribution < 1.29 is 19.1 Å². The molecule has 0 saturated carbocycles. The summed E-state index contributed by atoms with van der Waals surface area (Å²) >= 11 is 0. The van der Waals surface area contributed by atoms with Gasteiger partial charge in [-0.3, -0.25) is 4.79 Å². The zero-order valence-corrected chi connectivity index (χ0v) is 16.5. The third-order valence-corrected chi connectivity index (χ3v) is 4.31. The standard InChI is InChI=1S/C22H26N2O4/c1-22(2,3)23-13-16(28-21(26)15-8-5-4-6-9-15)14-27-19-11-7-10-18-17(19)12-20(25)24-18/h4-11,16,23H,12-14H2,1-3H3,(H,24,25). The Hall–Kier alpha value is -2.86. The summed E-state index contributed by atoms with van der Waals surface area (Å²) in [4.78, 5) is 24.1. The second-order valence-corrected chi connectivity index (χ2v) is 7.84. The lowest BCUT2D eigenvalue weighted by Gasteiger charge is -2.25. The van der Waals surface area contributed by atoms with E-state index in [0.29, 0.717) is 24.3 Å². The van der Waals surface area contributed by atoms with Crippen molar-refractivity contribution in [3.05, 3.63) is 59.7 Å². The van der Waals surface area contributed by atoms with Crippen molar-refractivity contribution in [3.8, 4) is 5.75 Å². The van der Waals surface area contributed by atoms with Gasteiger partial charge < -0.3 is 20.1 Å². The average molecular weight is 382 g/mol. The van der Waals surface area contributed by atoms with E-state index in [1.165, 1.54) is 0 Å². The lowest BCUT2D eigenvalue weighted by molar-refractivity contribution is -0.115. The summed E-state index contributed by atoms with van der Waals surface area (Å²) in [7, 11) is 0. The molecule has 1 atom stereocenters. The third kappa shape index (κ3) is 5.33. The summed E-state index contributed by atoms with van der Waals surface area (Å²) < 4.78 is 11.6. The van der Waals surface area contributed by atoms with Gasteiger partial charge >= 0.3 is 5.97 Å². The molecule has 2 aromatic rings. The molecular formula is C22H26N2O4. The molecule has 0 saturated heterocycles. The van der Waals surface area contributed by atoms with Crippen LogP contribution in [0.25, 0.3) is 0 Å². The van der Waals surface area contributed by atoms with Crippen LogP contribution in [-0.2, 0) is 16.0 Å². The quantitative estimate of drug-likeness (QED) is 0.720. The first-order valence-electron chi connectivity index (χ1n) is 9.37. The first-order chi connectivity index (χ1) is 13.3. The van der Waals surface area contributed by atoms with Gasteiger partial charge in [0.2, 0.25) is 5.91 Å². The number of amides is 1. The van der Waals surface area contributed by atoms with Crippen molar-refractivity contribution in [2.75, 3.05) is 18.5 Å². The molecule has 1 aliphatic heterocycles. The minimum absolute atomic E-state index is 0.0486. The molecule has 2 aromatic carbocycles. The van der Waals surface area contributed by atoms with E-state index in [9.17, 15) is 9.59 Å². The third-order valence-electron chi connectivity index (χ3n) is 4.31. The number of hydrogen-bond donors (Lipinski definition) is 2. The van der Waals surface area contributed by atoms with Crippen molar-refractivity contribution in [2.24, 2.45) is 0 Å². The van der Waals surface area contributed by atoms with Crippen LogP contribution in [0.1, 0.15) is 36.7 Å². The van der Waals surface area contributed by atoms with Gasteiger partial charge in [-0.1, -0.05) is 24.3 Å². The van der Waals surface area contributed by atoms with Crippen molar-refractivity contribution >= 4 is 17.6 Å². The fourth-order valence-corrected chi connectivity index (χ4v) is 2.89. The molecule has 0 bridgehead atoms. The van der Waals surface area contributed by atoms with Crippen molar-refractivity contribution in [2.45, 2.75) is 38.8 Å². The maximum Gasteiger partial charge on any atom is 0.338 e. The van der Waals surface area contributed by atoms with Crippen LogP contribution in [0.3, 0.4) is 0 Å². The van der Waals surface area contributed by atoms with Crippen LogP contribution in [0, 0.1) is 0 Å². The van der Waals surface area contributed by atoms with Gasteiger partial charge in [0.05, 0.1) is 12.0 Å². The van der Waals surface area contributed by atoms with Gasteiger partial charge in [0.1, 0.15) is 18.5 Å². The number of esters is 1. The zero-order chi connectivity index (χ0) is 20.1. The number of rotatable bonds is 7. The van der Waals surface area contributed by atoms with Gasteiger partial charge in [-0.05, 0) is 45.0 Å². The Balaban J connectivity index is 1.68. The van der Waals surface area contributed by atoms with Gasteiger partial charge in [-0.15, -0.1) is 0 Å². The molecular weight excluding hydrogens is 356 g/mol. The Morgan fingerprint density at radius 1 is 1.14 bits per heavy atom. The van der Waals surface area contributed by atoms with Crippen molar-refractivity contribution in [1.29, 1.82) is 0 Å². The maximum atomic E-state index is 12.5. The Labute approximate surface area is 165 Å². The van der Waals surface area contributed by atoms with Crippen LogP contribution in [0.4, 0.5) is 5.69 Å². The first-order valence-corrected chi connectivity index (χ1v) is 9.37. The summed E-state index contributed by atoms with van der Waals surface area (Å²) in [6.45, 7) is 6.78. The van der Waals surface area contributed by atoms with Gasteiger partial charge in [0, 0.05) is 23.3 Å². The lowest BCUT2D eigenvalue weighted by Crippen LogP contribution is -2.44. The molecule has 0 spiro atoms. The number of carbonyl (C=O) groups is 2. The highest BCUT2D eigenvalue weighted by Gasteiger charge is 2.24. The molecule has 0 radical (unpaired) electrons. The van der Waals surface area contributed by atoms with E-state index in [0.717, 1.165) is 11.3 Å². The molecule has 0 aliphatic carbocycles. The first kappa shape index (κ1) is 19.9. The highest BCUT2D eigenvalue weighted by Crippen LogP contribution is 2.31. The summed E-state index contributed by atoms with van der Waals surface area (Å²) in [6.07, 6.45) is -0.187. The number of carbonyl (C=O) groups excluding carboxylic acids is 2. The van der Waals surface area contributed by atoms with Crippen LogP contribution in [-0.4, -0.2) is 36.7 Å². The number of hydrogen-bond acceptors (Lipinski definition) is 5. The second kappa shape index (κ2) is 8.44. The number of ether oxygens (including phenoxy) is 2. The van der Waals surface area contributed by atoms with Crippen LogP contribution in [0.5, 0.6) is 5.75 Å². The van der Waals surface area contributed by atoms with Gasteiger partial charge in [0.15, 0.2) is 0 Å². The van der Waals surface area contributed by atoms with Gasteiger partial charge in [-0.2, -0.15) is 0 Å². The lowest BCUT2D eigenvalue weighted by atomic mass is 10.1. The molecule has 0 aromatic heterocycles. The van der Waals surface area contributed by atoms with E-state index < -0.39 is 6.10 Å². The molecule has 1 unspecified atom stereocenters. The second-order valence-electron chi connectivity index (χ2n) is 7.84. The highest BCUT2D eigenvalue weighted by molar-refractivity contribution is 6.00. The Kier molecular flexibility index (Phi) is 5.99. The summed E-state index contributed by atoms with van der Waals surface area (Å²) in [6, 6.07) is 14.4. The van der Waals surface area contributed by atoms with Crippen LogP contribution in [0.15, 0.2) is 48.5 Å². The molecule has 1 aliphatic rings. The van der Waals surface area contributed by atoms with E-state index >= 15 is 0 Å². The molecule has 1 heterocycles. The molecule has 2 N–H and O–H groups in total. The predicted molar refractivity (Wildman–Crippen MR) is 108 cm³/mol. The molecule has 1 amide bonds. The molecule has 3 rings (SSSR count). The Morgan fingerprint density at radius 3 is 2.61 bits per heavy atom. The number of fused-ring (bicyclic) bond motifs is 1. The smallest absolute Gasteiger partial charge is 0.338 e. The molecule has 148 valence electrons. The normalized spacial score (nSPS) is 14.2. The summed E-state index contributed by atoms with van der Waals surface area (Å²) in [5, 5.41) is 6.16. The topological polar surface area (TPSA) is 76.7 Å². The number of anilines is 1. The van der Waals surface area contributed by atoms with Gasteiger partial charge in [-0.25, -0.2) is 4.79 Å². The average Bonchev–Trinajstić information content (AvgIpc) is 3.04. The minimum atomic E-state index is -0.479. The summed E-state index contributed by atoms with van der Waals surface area (Å²) in [5.41, 5.74) is 1.98. The van der Waals surface area contributed by atoms with Gasteiger partial charge in [0.25, 0.3) is 0 Å². The molecule has 6 heteroatoms. The number of nitrogens with one attached hydrogen (secondary N) is 2. The van der Waals surface area contributed by atoms with E-state index in [1.807, 2.05) is 45.0 Å². The summed E-state index contributed by atoms with van der Waals surface area (Å²) in [5.74, 6) is 0.194. The van der Waals surface area contributed by atoms with E-state index in [2.05, 4.69) is 10.6 Å². The van der Waals surface area contributed by atoms with E-state index in [-0.39, 0.29) is 24.0 Å². The molecule has 0 fully saturated rings. The van der Waals surface area contributed by atoms with Crippen molar-refractivity contribution in [3.63, 3.8) is 0 Å². The predicted octanol–water partition coefficient (Wildman–Crippen LogP) is 3.17. The minimum Gasteiger partial charge on any atom is -0.489 e. The van der Waals surface area contributed by atoms with E-state index in [1.54, 1.807) is 24.3 Å². The number of benzene rings is 2. The SMILES string of the molecule is CC(C)(C)NCC(COc1cccc2c1CC(=O)N2)OC(=O)c1ccccc1. The van der Waals surface area contributed by atoms with Crippen LogP contribution >= 0.6 is 0 Å². The highest BCUT2D eigenvalue weighted by atomic mass is 16.6. The Bertz CT molecular complexity index is 843. The monoisotopic (exact) mass is 382 g/mol. The van der Waals surface area contributed by atoms with Crippen LogP contribution in [0.2, 0.25) is 0 Å². The molecule has 6 nitrogen and oxygen atoms in total. The maximum absolute atomic E-state index is 12.5. The van der Waals surface area contributed by atoms with Crippen molar-refractivity contribution in [1.82, 2.24) is 5.32 Å². The fourth-order valence-electron chi connectivity index (χ4n) is 2.89. The van der Waals surface area contributed by atoms with E-state index in [4.69, 9.17) is 9.47 Å². The zero-order valence-electron chi connectivity index (χ0n) is 16.5. The molecule has 28 heavy (non-hydrogen) atoms. The van der Waals surface area contributed by atoms with Crippen LogP contribution < -0.4 is 15.4 Å². The largest absolute Gasteiger partial charge is 0.489 e. The fraction of sp³-hybridized carbons (Fsp3) is 0.364. The Morgan fingerprint density at radius 2 is 1.89 bits per heavy atom.